The molecule has 1 saturated heterocycles. The molecular weight excluding hydrogens is 362 g/mol. The Bertz CT molecular complexity index is 699. The molecule has 2 rings (SSSR count). The van der Waals surface area contributed by atoms with Gasteiger partial charge in [0.1, 0.15) is 5.69 Å². The van der Waals surface area contributed by atoms with Crippen molar-refractivity contribution in [3.63, 3.8) is 0 Å². The van der Waals surface area contributed by atoms with Gasteiger partial charge in [0.15, 0.2) is 12.2 Å². The molecule has 0 spiro atoms. The van der Waals surface area contributed by atoms with Gasteiger partial charge in [-0.05, 0) is 19.1 Å². The number of carbonyl (C=O) groups is 4. The van der Waals surface area contributed by atoms with Gasteiger partial charge in [0.2, 0.25) is 12.4 Å². The van der Waals surface area contributed by atoms with Crippen LogP contribution in [0.4, 0.5) is 0 Å². The molecule has 0 unspecified atom stereocenters. The number of carbonyl (C=O) groups excluding carboxylic acids is 4. The number of aromatic amines is 1. The van der Waals surface area contributed by atoms with E-state index in [-0.39, 0.29) is 5.69 Å². The van der Waals surface area contributed by atoms with Gasteiger partial charge >= 0.3 is 23.9 Å². The molecule has 1 aromatic heterocycles. The fraction of sp³-hybridized carbons (Fsp3) is 0.529. The summed E-state index contributed by atoms with van der Waals surface area (Å²) in [5.41, 5.74) is 0.152. The predicted octanol–water partition coefficient (Wildman–Crippen LogP) is 0.711. The van der Waals surface area contributed by atoms with E-state index in [9.17, 15) is 19.2 Å². The molecule has 1 fully saturated rings. The van der Waals surface area contributed by atoms with Crippen LogP contribution in [0.15, 0.2) is 18.3 Å². The van der Waals surface area contributed by atoms with E-state index in [0.29, 0.717) is 0 Å². The van der Waals surface area contributed by atoms with E-state index in [1.807, 2.05) is 0 Å². The molecule has 0 amide bonds. The van der Waals surface area contributed by atoms with Gasteiger partial charge in [-0.2, -0.15) is 0 Å². The molecule has 148 valence electrons. The van der Waals surface area contributed by atoms with Gasteiger partial charge in [0.05, 0.1) is 6.10 Å². The molecule has 10 nitrogen and oxygen atoms in total. The van der Waals surface area contributed by atoms with Crippen molar-refractivity contribution in [2.75, 3.05) is 0 Å². The van der Waals surface area contributed by atoms with E-state index in [0.717, 1.165) is 13.8 Å². The highest BCUT2D eigenvalue weighted by molar-refractivity contribution is 5.87. The highest BCUT2D eigenvalue weighted by Crippen LogP contribution is 2.29. The van der Waals surface area contributed by atoms with Gasteiger partial charge in [-0.25, -0.2) is 4.79 Å². The second-order valence-corrected chi connectivity index (χ2v) is 5.92. The van der Waals surface area contributed by atoms with E-state index in [1.54, 1.807) is 13.0 Å². The summed E-state index contributed by atoms with van der Waals surface area (Å²) in [5, 5.41) is 0. The summed E-state index contributed by atoms with van der Waals surface area (Å²) in [6.07, 6.45) is -4.27. The largest absolute Gasteiger partial charge is 0.456 e. The van der Waals surface area contributed by atoms with Crippen LogP contribution in [-0.2, 0) is 38.1 Å². The number of H-pyrrole nitrogens is 1. The smallest absolute Gasteiger partial charge is 0.357 e. The average Bonchev–Trinajstić information content (AvgIpc) is 3.08. The Hall–Kier alpha value is -2.88. The molecule has 2 heterocycles. The molecule has 10 heteroatoms. The summed E-state index contributed by atoms with van der Waals surface area (Å²) in [7, 11) is 0. The van der Waals surface area contributed by atoms with Crippen molar-refractivity contribution in [1.82, 2.24) is 4.98 Å². The number of hydrogen-bond acceptors (Lipinski definition) is 9. The summed E-state index contributed by atoms with van der Waals surface area (Å²) < 4.78 is 26.4. The molecule has 0 bridgehead atoms. The second-order valence-electron chi connectivity index (χ2n) is 5.92. The number of hydrogen-bond donors (Lipinski definition) is 1. The molecule has 27 heavy (non-hydrogen) atoms. The minimum absolute atomic E-state index is 0.152. The molecular formula is C17H21NO9. The predicted molar refractivity (Wildman–Crippen MR) is 87.2 cm³/mol. The summed E-state index contributed by atoms with van der Waals surface area (Å²) in [6, 6.07) is 3.09. The Labute approximate surface area is 155 Å². The number of ether oxygens (including phenoxy) is 5. The number of rotatable bonds is 5. The zero-order valence-corrected chi connectivity index (χ0v) is 15.3. The summed E-state index contributed by atoms with van der Waals surface area (Å²) in [4.78, 5) is 49.4. The van der Waals surface area contributed by atoms with E-state index in [1.165, 1.54) is 19.2 Å². The van der Waals surface area contributed by atoms with Crippen LogP contribution in [-0.4, -0.2) is 59.6 Å². The van der Waals surface area contributed by atoms with Gasteiger partial charge in [-0.15, -0.1) is 0 Å². The van der Waals surface area contributed by atoms with Gasteiger partial charge in [-0.3, -0.25) is 14.4 Å². The quantitative estimate of drug-likeness (QED) is 0.577. The third kappa shape index (κ3) is 5.30. The lowest BCUT2D eigenvalue weighted by atomic mass is 9.99. The fourth-order valence-corrected chi connectivity index (χ4v) is 2.69. The molecule has 5 atom stereocenters. The van der Waals surface area contributed by atoms with Crippen LogP contribution in [0.25, 0.3) is 0 Å². The van der Waals surface area contributed by atoms with Crippen molar-refractivity contribution >= 4 is 23.9 Å². The maximum absolute atomic E-state index is 12.2. The lowest BCUT2D eigenvalue weighted by molar-refractivity contribution is -0.286. The van der Waals surface area contributed by atoms with Gasteiger partial charge in [0, 0.05) is 27.0 Å². The lowest BCUT2D eigenvalue weighted by Crippen LogP contribution is -2.61. The lowest BCUT2D eigenvalue weighted by Gasteiger charge is -2.42. The minimum atomic E-state index is -1.38. The monoisotopic (exact) mass is 383 g/mol. The van der Waals surface area contributed by atoms with Crippen LogP contribution in [0.5, 0.6) is 0 Å². The number of aromatic nitrogens is 1. The molecule has 0 aliphatic carbocycles. The summed E-state index contributed by atoms with van der Waals surface area (Å²) >= 11 is 0. The standard InChI is InChI=1S/C17H21NO9/c1-8-13(24-9(2)19)14(25-10(3)20)15(26-11(4)21)17(23-8)27-16(22)12-6-5-7-18-12/h5-8,13-15,17-18H,1-4H3/t8-,13-,14+,15+,17-/m0/s1. The highest BCUT2D eigenvalue weighted by Gasteiger charge is 2.52. The van der Waals surface area contributed by atoms with Gasteiger partial charge in [-0.1, -0.05) is 0 Å². The molecule has 1 aromatic rings. The van der Waals surface area contributed by atoms with Gasteiger partial charge < -0.3 is 28.7 Å². The van der Waals surface area contributed by atoms with Crippen molar-refractivity contribution < 1.29 is 42.9 Å². The van der Waals surface area contributed by atoms with Crippen molar-refractivity contribution in [1.29, 1.82) is 0 Å². The van der Waals surface area contributed by atoms with Crippen LogP contribution in [0, 0.1) is 0 Å². The van der Waals surface area contributed by atoms with Crippen LogP contribution in [0.2, 0.25) is 0 Å². The average molecular weight is 383 g/mol. The topological polar surface area (TPSA) is 130 Å². The van der Waals surface area contributed by atoms with Crippen LogP contribution in [0.3, 0.4) is 0 Å². The first-order valence-corrected chi connectivity index (χ1v) is 8.20. The molecule has 1 aliphatic heterocycles. The minimum Gasteiger partial charge on any atom is -0.456 e. The van der Waals surface area contributed by atoms with Crippen LogP contribution in [0.1, 0.15) is 38.2 Å². The zero-order valence-electron chi connectivity index (χ0n) is 15.3. The summed E-state index contributed by atoms with van der Waals surface area (Å²) in [6.45, 7) is 5.00. The van der Waals surface area contributed by atoms with Crippen molar-refractivity contribution in [3.8, 4) is 0 Å². The Balaban J connectivity index is 2.31. The highest BCUT2D eigenvalue weighted by atomic mass is 16.7. The normalized spacial score (nSPS) is 27.3. The zero-order chi connectivity index (χ0) is 20.1. The first-order valence-electron chi connectivity index (χ1n) is 8.20. The molecule has 0 saturated carbocycles. The van der Waals surface area contributed by atoms with E-state index >= 15 is 0 Å². The summed E-state index contributed by atoms with van der Waals surface area (Å²) in [5.74, 6) is -2.83. The molecule has 1 aliphatic rings. The Morgan fingerprint density at radius 3 is 1.96 bits per heavy atom. The maximum atomic E-state index is 12.2. The van der Waals surface area contributed by atoms with Crippen LogP contribution >= 0.6 is 0 Å². The first-order chi connectivity index (χ1) is 12.7. The van der Waals surface area contributed by atoms with E-state index in [2.05, 4.69) is 4.98 Å². The maximum Gasteiger partial charge on any atom is 0.357 e. The Morgan fingerprint density at radius 1 is 0.889 bits per heavy atom. The molecule has 0 aromatic carbocycles. The number of esters is 4. The SMILES string of the molecule is CC(=O)O[C@@H]1[C@@H](OC(C)=O)[C@H](C)O[C@@H](OC(=O)c2ccc[nH]2)[C@@H]1OC(C)=O. The Morgan fingerprint density at radius 2 is 1.44 bits per heavy atom. The van der Waals surface area contributed by atoms with Crippen molar-refractivity contribution in [2.24, 2.45) is 0 Å². The van der Waals surface area contributed by atoms with Crippen molar-refractivity contribution in [3.05, 3.63) is 24.0 Å². The fourth-order valence-electron chi connectivity index (χ4n) is 2.69. The Kier molecular flexibility index (Phi) is 6.56. The van der Waals surface area contributed by atoms with Gasteiger partial charge in [0.25, 0.3) is 0 Å². The second kappa shape index (κ2) is 8.67. The third-order valence-electron chi connectivity index (χ3n) is 3.67. The van der Waals surface area contributed by atoms with E-state index < -0.39 is 54.6 Å². The molecule has 0 radical (unpaired) electrons. The first kappa shape index (κ1) is 20.4. The number of nitrogens with one attached hydrogen (secondary N) is 1. The van der Waals surface area contributed by atoms with Crippen molar-refractivity contribution in [2.45, 2.75) is 58.4 Å². The van der Waals surface area contributed by atoms with Crippen LogP contribution < -0.4 is 0 Å². The third-order valence-corrected chi connectivity index (χ3v) is 3.67. The molecule has 1 N–H and O–H groups in total. The van der Waals surface area contributed by atoms with E-state index in [4.69, 9.17) is 23.7 Å².